The van der Waals surface area contributed by atoms with Crippen LogP contribution in [0.25, 0.3) is 0 Å². The van der Waals surface area contributed by atoms with Gasteiger partial charge in [-0.25, -0.2) is 9.29 Å². The molecule has 3 fully saturated rings. The van der Waals surface area contributed by atoms with Crippen LogP contribution in [-0.2, 0) is 9.59 Å². The van der Waals surface area contributed by atoms with Crippen molar-refractivity contribution in [2.24, 2.45) is 35.5 Å². The molecule has 1 heterocycles. The van der Waals surface area contributed by atoms with Crippen molar-refractivity contribution in [2.75, 3.05) is 11.5 Å². The summed E-state index contributed by atoms with van der Waals surface area (Å²) in [5.41, 5.74) is 0.715. The molecule has 2 bridgehead atoms. The number of halogens is 1. The third-order valence-electron chi connectivity index (χ3n) is 7.29. The van der Waals surface area contributed by atoms with Gasteiger partial charge in [0.25, 0.3) is 0 Å². The van der Waals surface area contributed by atoms with Crippen LogP contribution in [0.15, 0.2) is 60.7 Å². The average molecular weight is 417 g/mol. The Labute approximate surface area is 178 Å². The summed E-state index contributed by atoms with van der Waals surface area (Å²) in [6, 6.07) is 12.1. The maximum absolute atomic E-state index is 13.4. The summed E-state index contributed by atoms with van der Waals surface area (Å²) in [6.07, 6.45) is 5.39. The third kappa shape index (κ3) is 2.70. The van der Waals surface area contributed by atoms with E-state index in [1.54, 1.807) is 24.3 Å². The molecule has 0 spiro atoms. The van der Waals surface area contributed by atoms with E-state index in [0.717, 1.165) is 6.42 Å². The van der Waals surface area contributed by atoms with E-state index in [1.807, 2.05) is 0 Å². The lowest BCUT2D eigenvalue weighted by atomic mass is 9.63. The van der Waals surface area contributed by atoms with E-state index in [1.165, 1.54) is 29.2 Å². The number of para-hydroxylation sites is 2. The lowest BCUT2D eigenvalue weighted by Gasteiger charge is -2.37. The second-order valence-corrected chi connectivity index (χ2v) is 8.85. The standard InChI is InChI=1S/C25H20FNO4/c26-14-7-5-13(6-8-14)20(28)12-31-21-4-2-1-3-19(21)27-24(29)22-15-9-10-16(18-11-17(15)18)23(22)25(27)30/h1-10,15-18,22-23H,11-12H2/t15-,16+,17-,18-,22+,23-/m1/s1. The minimum atomic E-state index is -0.420. The fourth-order valence-corrected chi connectivity index (χ4v) is 5.82. The normalized spacial score (nSPS) is 32.1. The third-order valence-corrected chi connectivity index (χ3v) is 7.29. The quantitative estimate of drug-likeness (QED) is 0.423. The van der Waals surface area contributed by atoms with E-state index in [0.29, 0.717) is 28.8 Å². The molecule has 2 aromatic rings. The molecule has 2 saturated carbocycles. The zero-order valence-corrected chi connectivity index (χ0v) is 16.6. The highest BCUT2D eigenvalue weighted by atomic mass is 19.1. The fourth-order valence-electron chi connectivity index (χ4n) is 5.82. The topological polar surface area (TPSA) is 63.7 Å². The number of allylic oxidation sites excluding steroid dienone is 2. The number of carbonyl (C=O) groups excluding carboxylic acids is 3. The summed E-state index contributed by atoms with van der Waals surface area (Å²) in [7, 11) is 0. The van der Waals surface area contributed by atoms with E-state index < -0.39 is 5.82 Å². The van der Waals surface area contributed by atoms with Gasteiger partial charge in [-0.1, -0.05) is 24.3 Å². The lowest BCUT2D eigenvalue weighted by Crippen LogP contribution is -2.40. The first-order valence-corrected chi connectivity index (χ1v) is 10.6. The van der Waals surface area contributed by atoms with Crippen LogP contribution in [0.1, 0.15) is 16.8 Å². The fraction of sp³-hybridized carbons (Fsp3) is 0.320. The Morgan fingerprint density at radius 1 is 0.935 bits per heavy atom. The van der Waals surface area contributed by atoms with Crippen LogP contribution in [0, 0.1) is 41.3 Å². The number of imide groups is 1. The maximum Gasteiger partial charge on any atom is 0.238 e. The summed E-state index contributed by atoms with van der Waals surface area (Å²) in [5.74, 6) is 0.0244. The number of amides is 2. The number of rotatable bonds is 5. The first-order valence-electron chi connectivity index (χ1n) is 10.6. The summed E-state index contributed by atoms with van der Waals surface area (Å²) in [4.78, 5) is 40.4. The Morgan fingerprint density at radius 3 is 2.19 bits per heavy atom. The second kappa shape index (κ2) is 6.61. The van der Waals surface area contributed by atoms with Crippen molar-refractivity contribution in [1.29, 1.82) is 0 Å². The predicted molar refractivity (Wildman–Crippen MR) is 110 cm³/mol. The zero-order valence-electron chi connectivity index (χ0n) is 16.6. The molecule has 0 unspecified atom stereocenters. The molecule has 1 aliphatic heterocycles. The second-order valence-electron chi connectivity index (χ2n) is 8.85. The Morgan fingerprint density at radius 2 is 1.55 bits per heavy atom. The molecule has 5 nitrogen and oxygen atoms in total. The van der Waals surface area contributed by atoms with E-state index in [2.05, 4.69) is 12.2 Å². The van der Waals surface area contributed by atoms with Gasteiger partial charge in [-0.3, -0.25) is 14.4 Å². The summed E-state index contributed by atoms with van der Waals surface area (Å²) in [6.45, 7) is -0.275. The van der Waals surface area contributed by atoms with Crippen molar-refractivity contribution in [3.63, 3.8) is 0 Å². The predicted octanol–water partition coefficient (Wildman–Crippen LogP) is 3.64. The minimum Gasteiger partial charge on any atom is -0.483 e. The average Bonchev–Trinajstić information content (AvgIpc) is 3.56. The van der Waals surface area contributed by atoms with Crippen molar-refractivity contribution >= 4 is 23.3 Å². The smallest absolute Gasteiger partial charge is 0.238 e. The molecule has 6 heteroatoms. The summed E-state index contributed by atoms with van der Waals surface area (Å²) >= 11 is 0. The Hall–Kier alpha value is -3.28. The number of Topliss-reactive ketones (excluding diaryl/α,β-unsaturated/α-hetero) is 1. The van der Waals surface area contributed by atoms with Crippen LogP contribution in [0.4, 0.5) is 10.1 Å². The first-order chi connectivity index (χ1) is 15.0. The Bertz CT molecular complexity index is 1100. The van der Waals surface area contributed by atoms with Gasteiger partial charge in [0.2, 0.25) is 11.8 Å². The molecule has 7 rings (SSSR count). The van der Waals surface area contributed by atoms with Crippen molar-refractivity contribution in [3.05, 3.63) is 72.1 Å². The van der Waals surface area contributed by atoms with Crippen LogP contribution < -0.4 is 9.64 Å². The summed E-state index contributed by atoms with van der Waals surface area (Å²) in [5, 5.41) is 0. The van der Waals surface area contributed by atoms with Crippen LogP contribution >= 0.6 is 0 Å². The molecular formula is C25H20FNO4. The molecule has 0 N–H and O–H groups in total. The van der Waals surface area contributed by atoms with Gasteiger partial charge < -0.3 is 4.74 Å². The number of hydrogen-bond donors (Lipinski definition) is 0. The Balaban J connectivity index is 1.26. The molecule has 2 amide bonds. The SMILES string of the molecule is O=C(COc1ccccc1N1C(=O)[C@@H]2[C@H]3C=C[C@H]([C@H]4C[C@H]34)[C@@H]2C1=O)c1ccc(F)cc1. The van der Waals surface area contributed by atoms with Crippen LogP contribution in [0.3, 0.4) is 0 Å². The van der Waals surface area contributed by atoms with Crippen LogP contribution in [-0.4, -0.2) is 24.2 Å². The number of carbonyl (C=O) groups is 3. The number of ketones is 1. The molecule has 6 atom stereocenters. The molecule has 156 valence electrons. The highest BCUT2D eigenvalue weighted by Gasteiger charge is 2.67. The molecule has 5 aliphatic rings. The van der Waals surface area contributed by atoms with E-state index in [4.69, 9.17) is 4.74 Å². The van der Waals surface area contributed by atoms with Gasteiger partial charge in [0, 0.05) is 5.56 Å². The Kier molecular flexibility index (Phi) is 3.94. The highest BCUT2D eigenvalue weighted by molar-refractivity contribution is 6.23. The molecule has 4 aliphatic carbocycles. The number of hydrogen-bond acceptors (Lipinski definition) is 4. The molecule has 1 saturated heterocycles. The van der Waals surface area contributed by atoms with Crippen LogP contribution in [0.2, 0.25) is 0 Å². The molecule has 31 heavy (non-hydrogen) atoms. The maximum atomic E-state index is 13.4. The van der Waals surface area contributed by atoms with Crippen molar-refractivity contribution in [1.82, 2.24) is 0 Å². The zero-order chi connectivity index (χ0) is 21.3. The monoisotopic (exact) mass is 417 g/mol. The molecular weight excluding hydrogens is 397 g/mol. The van der Waals surface area contributed by atoms with Gasteiger partial charge >= 0.3 is 0 Å². The van der Waals surface area contributed by atoms with Gasteiger partial charge in [0.05, 0.1) is 17.5 Å². The van der Waals surface area contributed by atoms with E-state index in [9.17, 15) is 18.8 Å². The number of ether oxygens (including phenoxy) is 1. The summed E-state index contributed by atoms with van der Waals surface area (Å²) < 4.78 is 18.8. The highest BCUT2D eigenvalue weighted by Crippen LogP contribution is 2.65. The van der Waals surface area contributed by atoms with Gasteiger partial charge in [-0.05, 0) is 66.5 Å². The van der Waals surface area contributed by atoms with Crippen molar-refractivity contribution in [2.45, 2.75) is 6.42 Å². The number of anilines is 1. The molecule has 0 aromatic heterocycles. The first kappa shape index (κ1) is 18.5. The number of benzene rings is 2. The van der Waals surface area contributed by atoms with Gasteiger partial charge in [0.15, 0.2) is 12.4 Å². The van der Waals surface area contributed by atoms with Gasteiger partial charge in [-0.2, -0.15) is 0 Å². The lowest BCUT2D eigenvalue weighted by molar-refractivity contribution is -0.124. The molecule has 2 aromatic carbocycles. The number of nitrogens with zero attached hydrogens (tertiary/aromatic N) is 1. The largest absolute Gasteiger partial charge is 0.483 e. The molecule has 0 radical (unpaired) electrons. The van der Waals surface area contributed by atoms with E-state index >= 15 is 0 Å². The van der Waals surface area contributed by atoms with Gasteiger partial charge in [0.1, 0.15) is 11.6 Å². The van der Waals surface area contributed by atoms with E-state index in [-0.39, 0.29) is 47.9 Å². The van der Waals surface area contributed by atoms with Crippen molar-refractivity contribution in [3.8, 4) is 5.75 Å². The van der Waals surface area contributed by atoms with Gasteiger partial charge in [-0.15, -0.1) is 0 Å². The van der Waals surface area contributed by atoms with Crippen LogP contribution in [0.5, 0.6) is 5.75 Å². The minimum absolute atomic E-state index is 0.148. The van der Waals surface area contributed by atoms with Crippen molar-refractivity contribution < 1.29 is 23.5 Å².